The molecule has 1 aromatic rings. The average Bonchev–Trinajstić information content (AvgIpc) is 2.90. The molecular formula is C13H19NO4S2. The van der Waals surface area contributed by atoms with Gasteiger partial charge in [-0.15, -0.1) is 11.3 Å². The van der Waals surface area contributed by atoms with Gasteiger partial charge in [-0.05, 0) is 24.3 Å². The summed E-state index contributed by atoms with van der Waals surface area (Å²) in [5.74, 6) is -1.18. The number of hydrogen-bond acceptors (Lipinski definition) is 4. The van der Waals surface area contributed by atoms with E-state index in [0.717, 1.165) is 43.4 Å². The molecule has 0 unspecified atom stereocenters. The Morgan fingerprint density at radius 1 is 1.40 bits per heavy atom. The van der Waals surface area contributed by atoms with Crippen LogP contribution < -0.4 is 0 Å². The highest BCUT2D eigenvalue weighted by Gasteiger charge is 2.34. The van der Waals surface area contributed by atoms with Gasteiger partial charge in [0.25, 0.3) is 0 Å². The fourth-order valence-corrected chi connectivity index (χ4v) is 5.71. The monoisotopic (exact) mass is 317 g/mol. The second-order valence-electron chi connectivity index (χ2n) is 4.92. The smallest absolute Gasteiger partial charge is 0.347 e. The third-order valence-electron chi connectivity index (χ3n) is 3.70. The standard InChI is InChI=1S/C13H19NO4S2/c1-2-14(10-6-4-3-5-7-10)20(17,18)11-8-9-19-12(11)13(15)16/h8-10H,2-7H2,1H3,(H,15,16). The summed E-state index contributed by atoms with van der Waals surface area (Å²) in [6, 6.07) is 1.40. The topological polar surface area (TPSA) is 74.7 Å². The van der Waals surface area contributed by atoms with Crippen LogP contribution in [0.25, 0.3) is 0 Å². The minimum absolute atomic E-state index is 0.000273. The van der Waals surface area contributed by atoms with Crippen LogP contribution in [0.3, 0.4) is 0 Å². The van der Waals surface area contributed by atoms with Gasteiger partial charge >= 0.3 is 5.97 Å². The molecule has 0 aromatic carbocycles. The number of nitrogens with zero attached hydrogens (tertiary/aromatic N) is 1. The Labute approximate surface area is 123 Å². The van der Waals surface area contributed by atoms with Crippen LogP contribution >= 0.6 is 11.3 Å². The summed E-state index contributed by atoms with van der Waals surface area (Å²) >= 11 is 0.954. The fourth-order valence-electron chi connectivity index (χ4n) is 2.78. The van der Waals surface area contributed by atoms with Crippen LogP contribution in [0.15, 0.2) is 16.3 Å². The number of hydrogen-bond donors (Lipinski definition) is 1. The molecule has 1 N–H and O–H groups in total. The molecule has 1 heterocycles. The lowest BCUT2D eigenvalue weighted by Crippen LogP contribution is -2.41. The molecule has 2 rings (SSSR count). The van der Waals surface area contributed by atoms with Gasteiger partial charge < -0.3 is 5.11 Å². The lowest BCUT2D eigenvalue weighted by Gasteiger charge is -2.32. The summed E-state index contributed by atoms with van der Waals surface area (Å²) in [4.78, 5) is 11.0. The zero-order valence-corrected chi connectivity index (χ0v) is 13.0. The Bertz CT molecular complexity index is 573. The van der Waals surface area contributed by atoms with Crippen molar-refractivity contribution in [3.8, 4) is 0 Å². The molecular weight excluding hydrogens is 298 g/mol. The minimum Gasteiger partial charge on any atom is -0.477 e. The molecule has 1 aliphatic rings. The number of carboxylic acid groups (broad SMARTS) is 1. The number of carbonyl (C=O) groups is 1. The van der Waals surface area contributed by atoms with Crippen molar-refractivity contribution in [1.29, 1.82) is 0 Å². The Kier molecular flexibility index (Phi) is 4.82. The summed E-state index contributed by atoms with van der Waals surface area (Å²) in [7, 11) is -3.72. The van der Waals surface area contributed by atoms with E-state index in [1.54, 1.807) is 6.92 Å². The van der Waals surface area contributed by atoms with E-state index < -0.39 is 16.0 Å². The maximum atomic E-state index is 12.7. The van der Waals surface area contributed by atoms with E-state index in [4.69, 9.17) is 5.11 Å². The Morgan fingerprint density at radius 3 is 2.60 bits per heavy atom. The van der Waals surface area contributed by atoms with Crippen molar-refractivity contribution in [2.75, 3.05) is 6.54 Å². The maximum Gasteiger partial charge on any atom is 0.347 e. The lowest BCUT2D eigenvalue weighted by atomic mass is 9.95. The number of rotatable bonds is 5. The van der Waals surface area contributed by atoms with Crippen molar-refractivity contribution in [3.05, 3.63) is 16.3 Å². The predicted octanol–water partition coefficient (Wildman–Crippen LogP) is 2.79. The first-order chi connectivity index (χ1) is 9.48. The summed E-state index contributed by atoms with van der Waals surface area (Å²) in [6.07, 6.45) is 4.93. The second kappa shape index (κ2) is 6.24. The van der Waals surface area contributed by atoms with Crippen LogP contribution in [-0.4, -0.2) is 36.4 Å². The van der Waals surface area contributed by atoms with Gasteiger partial charge in [0.15, 0.2) is 0 Å². The molecule has 112 valence electrons. The lowest BCUT2D eigenvalue weighted by molar-refractivity contribution is 0.0698. The van der Waals surface area contributed by atoms with Gasteiger partial charge in [-0.2, -0.15) is 4.31 Å². The van der Waals surface area contributed by atoms with E-state index in [0.29, 0.717) is 6.54 Å². The maximum absolute atomic E-state index is 12.7. The predicted molar refractivity (Wildman–Crippen MR) is 77.7 cm³/mol. The van der Waals surface area contributed by atoms with Gasteiger partial charge in [-0.1, -0.05) is 26.2 Å². The number of carboxylic acids is 1. The van der Waals surface area contributed by atoms with Crippen molar-refractivity contribution < 1.29 is 18.3 Å². The van der Waals surface area contributed by atoms with Crippen molar-refractivity contribution in [2.45, 2.75) is 50.0 Å². The molecule has 1 aliphatic carbocycles. The molecule has 0 aliphatic heterocycles. The van der Waals surface area contributed by atoms with Gasteiger partial charge in [0, 0.05) is 12.6 Å². The zero-order valence-electron chi connectivity index (χ0n) is 11.4. The third-order valence-corrected chi connectivity index (χ3v) is 6.81. The van der Waals surface area contributed by atoms with E-state index >= 15 is 0 Å². The van der Waals surface area contributed by atoms with Crippen LogP contribution in [0.1, 0.15) is 48.7 Å². The van der Waals surface area contributed by atoms with Crippen molar-refractivity contribution >= 4 is 27.3 Å². The average molecular weight is 317 g/mol. The van der Waals surface area contributed by atoms with E-state index in [1.807, 2.05) is 0 Å². The summed E-state index contributed by atoms with van der Waals surface area (Å²) in [5.41, 5.74) is 0. The summed E-state index contributed by atoms with van der Waals surface area (Å²) in [5, 5.41) is 10.6. The second-order valence-corrected chi connectivity index (χ2v) is 7.69. The van der Waals surface area contributed by atoms with Gasteiger partial charge in [0.1, 0.15) is 9.77 Å². The molecule has 1 fully saturated rings. The van der Waals surface area contributed by atoms with E-state index in [-0.39, 0.29) is 15.8 Å². The third kappa shape index (κ3) is 2.89. The van der Waals surface area contributed by atoms with E-state index in [9.17, 15) is 13.2 Å². The molecule has 0 spiro atoms. The molecule has 1 saturated carbocycles. The number of sulfonamides is 1. The summed E-state index contributed by atoms with van der Waals surface area (Å²) < 4.78 is 26.9. The van der Waals surface area contributed by atoms with Gasteiger partial charge in [0.05, 0.1) is 0 Å². The number of aromatic carboxylic acids is 1. The molecule has 1 aromatic heterocycles. The van der Waals surface area contributed by atoms with Crippen molar-refractivity contribution in [2.24, 2.45) is 0 Å². The van der Waals surface area contributed by atoms with E-state index in [1.165, 1.54) is 15.8 Å². The molecule has 7 heteroatoms. The van der Waals surface area contributed by atoms with Crippen LogP contribution in [0.4, 0.5) is 0 Å². The van der Waals surface area contributed by atoms with Crippen LogP contribution in [0, 0.1) is 0 Å². The van der Waals surface area contributed by atoms with Crippen molar-refractivity contribution in [1.82, 2.24) is 4.31 Å². The van der Waals surface area contributed by atoms with Crippen LogP contribution in [0.5, 0.6) is 0 Å². The normalized spacial score (nSPS) is 17.5. The van der Waals surface area contributed by atoms with Gasteiger partial charge in [-0.3, -0.25) is 0 Å². The minimum atomic E-state index is -3.72. The molecule has 0 atom stereocenters. The van der Waals surface area contributed by atoms with Crippen LogP contribution in [-0.2, 0) is 10.0 Å². The van der Waals surface area contributed by atoms with Crippen molar-refractivity contribution in [3.63, 3.8) is 0 Å². The van der Waals surface area contributed by atoms with E-state index in [2.05, 4.69) is 0 Å². The number of thiophene rings is 1. The van der Waals surface area contributed by atoms with Gasteiger partial charge in [-0.25, -0.2) is 13.2 Å². The first-order valence-electron chi connectivity index (χ1n) is 6.81. The molecule has 0 saturated heterocycles. The first-order valence-corrected chi connectivity index (χ1v) is 9.13. The molecule has 0 radical (unpaired) electrons. The SMILES string of the molecule is CCN(C1CCCCC1)S(=O)(=O)c1ccsc1C(=O)O. The Balaban J connectivity index is 2.36. The first kappa shape index (κ1) is 15.5. The largest absolute Gasteiger partial charge is 0.477 e. The zero-order chi connectivity index (χ0) is 14.8. The molecule has 0 bridgehead atoms. The molecule has 20 heavy (non-hydrogen) atoms. The highest BCUT2D eigenvalue weighted by atomic mass is 32.2. The highest BCUT2D eigenvalue weighted by Crippen LogP contribution is 2.30. The Hall–Kier alpha value is -0.920. The fraction of sp³-hybridized carbons (Fsp3) is 0.615. The quantitative estimate of drug-likeness (QED) is 0.906. The molecule has 5 nitrogen and oxygen atoms in total. The highest BCUT2D eigenvalue weighted by molar-refractivity contribution is 7.89. The Morgan fingerprint density at radius 2 is 2.05 bits per heavy atom. The van der Waals surface area contributed by atoms with Crippen LogP contribution in [0.2, 0.25) is 0 Å². The molecule has 0 amide bonds. The summed E-state index contributed by atoms with van der Waals surface area (Å²) in [6.45, 7) is 2.18. The van der Waals surface area contributed by atoms with Gasteiger partial charge in [0.2, 0.25) is 10.0 Å².